The fraction of sp³-hybridized carbons (Fsp3) is 0.700. The fourth-order valence-corrected chi connectivity index (χ4v) is 1.67. The number of nitrogens with zero attached hydrogens (tertiary/aromatic N) is 3. The SMILES string of the molecule is N[C@H](CCC(=O)O)c1nc(N2CCOCC2)no1. The van der Waals surface area contributed by atoms with Gasteiger partial charge >= 0.3 is 5.97 Å². The average Bonchev–Trinajstić information content (AvgIpc) is 2.86. The van der Waals surface area contributed by atoms with E-state index in [1.165, 1.54) is 0 Å². The van der Waals surface area contributed by atoms with Crippen molar-refractivity contribution in [1.82, 2.24) is 10.1 Å². The van der Waals surface area contributed by atoms with Gasteiger partial charge in [0.05, 0.1) is 19.3 Å². The van der Waals surface area contributed by atoms with Gasteiger partial charge in [-0.2, -0.15) is 4.98 Å². The molecule has 1 aromatic heterocycles. The molecule has 1 saturated heterocycles. The van der Waals surface area contributed by atoms with E-state index in [0.29, 0.717) is 32.3 Å². The summed E-state index contributed by atoms with van der Waals surface area (Å²) in [7, 11) is 0. The van der Waals surface area contributed by atoms with E-state index in [9.17, 15) is 4.79 Å². The van der Waals surface area contributed by atoms with Crippen molar-refractivity contribution in [3.05, 3.63) is 5.89 Å². The van der Waals surface area contributed by atoms with Gasteiger partial charge in [0.2, 0.25) is 5.89 Å². The second-order valence-electron chi connectivity index (χ2n) is 4.07. The highest BCUT2D eigenvalue weighted by molar-refractivity contribution is 5.66. The summed E-state index contributed by atoms with van der Waals surface area (Å²) in [6.45, 7) is 2.69. The maximum Gasteiger partial charge on any atom is 0.303 e. The Bertz CT molecular complexity index is 402. The van der Waals surface area contributed by atoms with Crippen LogP contribution in [0.2, 0.25) is 0 Å². The van der Waals surface area contributed by atoms with Gasteiger partial charge < -0.3 is 25.0 Å². The van der Waals surface area contributed by atoms with Crippen LogP contribution in [0.1, 0.15) is 24.8 Å². The largest absolute Gasteiger partial charge is 0.481 e. The number of morpholine rings is 1. The maximum absolute atomic E-state index is 10.4. The third-order valence-electron chi connectivity index (χ3n) is 2.71. The predicted molar refractivity (Wildman–Crippen MR) is 61.1 cm³/mol. The monoisotopic (exact) mass is 256 g/mol. The smallest absolute Gasteiger partial charge is 0.303 e. The van der Waals surface area contributed by atoms with Crippen molar-refractivity contribution in [1.29, 1.82) is 0 Å². The first-order valence-electron chi connectivity index (χ1n) is 5.80. The van der Waals surface area contributed by atoms with E-state index in [1.807, 2.05) is 4.90 Å². The highest BCUT2D eigenvalue weighted by Gasteiger charge is 2.20. The number of aromatic nitrogens is 2. The van der Waals surface area contributed by atoms with Crippen LogP contribution in [-0.2, 0) is 9.53 Å². The third kappa shape index (κ3) is 3.17. The van der Waals surface area contributed by atoms with Crippen molar-refractivity contribution in [2.75, 3.05) is 31.2 Å². The zero-order valence-corrected chi connectivity index (χ0v) is 9.91. The second-order valence-corrected chi connectivity index (χ2v) is 4.07. The van der Waals surface area contributed by atoms with Crippen LogP contribution in [0.25, 0.3) is 0 Å². The number of aliphatic carboxylic acids is 1. The van der Waals surface area contributed by atoms with Gasteiger partial charge in [0.1, 0.15) is 0 Å². The van der Waals surface area contributed by atoms with Gasteiger partial charge in [-0.05, 0) is 11.6 Å². The number of carbonyl (C=O) groups is 1. The Balaban J connectivity index is 1.94. The van der Waals surface area contributed by atoms with Crippen molar-refractivity contribution >= 4 is 11.9 Å². The van der Waals surface area contributed by atoms with Gasteiger partial charge in [0.15, 0.2) is 0 Å². The molecule has 1 aromatic rings. The number of hydrogen-bond donors (Lipinski definition) is 2. The molecule has 0 bridgehead atoms. The Morgan fingerprint density at radius 3 is 2.89 bits per heavy atom. The van der Waals surface area contributed by atoms with Crippen molar-refractivity contribution in [3.8, 4) is 0 Å². The molecule has 0 amide bonds. The number of nitrogens with two attached hydrogens (primary N) is 1. The van der Waals surface area contributed by atoms with Crippen molar-refractivity contribution in [3.63, 3.8) is 0 Å². The van der Waals surface area contributed by atoms with E-state index in [0.717, 1.165) is 0 Å². The highest BCUT2D eigenvalue weighted by atomic mass is 16.5. The van der Waals surface area contributed by atoms with Gasteiger partial charge in [0, 0.05) is 19.5 Å². The molecule has 1 fully saturated rings. The summed E-state index contributed by atoms with van der Waals surface area (Å²) in [6.07, 6.45) is 0.260. The molecule has 3 N–H and O–H groups in total. The molecule has 1 atom stereocenters. The van der Waals surface area contributed by atoms with Crippen molar-refractivity contribution < 1.29 is 19.2 Å². The molecule has 100 valence electrons. The Labute approximate surface area is 104 Å². The first-order chi connectivity index (χ1) is 8.66. The van der Waals surface area contributed by atoms with Crippen molar-refractivity contribution in [2.45, 2.75) is 18.9 Å². The second kappa shape index (κ2) is 5.78. The number of ether oxygens (including phenoxy) is 1. The highest BCUT2D eigenvalue weighted by Crippen LogP contribution is 2.18. The van der Waals surface area contributed by atoms with Crippen molar-refractivity contribution in [2.24, 2.45) is 5.73 Å². The summed E-state index contributed by atoms with van der Waals surface area (Å²) in [5.41, 5.74) is 5.78. The maximum atomic E-state index is 10.4. The fourth-order valence-electron chi connectivity index (χ4n) is 1.67. The summed E-state index contributed by atoms with van der Waals surface area (Å²) < 4.78 is 10.3. The van der Waals surface area contributed by atoms with E-state index in [1.54, 1.807) is 0 Å². The minimum atomic E-state index is -0.890. The van der Waals surface area contributed by atoms with E-state index in [2.05, 4.69) is 10.1 Å². The van der Waals surface area contributed by atoms with E-state index >= 15 is 0 Å². The van der Waals surface area contributed by atoms with Gasteiger partial charge in [0.25, 0.3) is 5.95 Å². The quantitative estimate of drug-likeness (QED) is 0.742. The number of rotatable bonds is 5. The standard InChI is InChI=1S/C10H16N4O4/c11-7(1-2-8(15)16)9-12-10(13-18-9)14-3-5-17-6-4-14/h7H,1-6,11H2,(H,15,16)/t7-/m1/s1. The molecule has 0 aromatic carbocycles. The molecule has 8 nitrogen and oxygen atoms in total. The van der Waals surface area contributed by atoms with Crippen LogP contribution in [0.5, 0.6) is 0 Å². The molecule has 0 spiro atoms. The minimum absolute atomic E-state index is 0.0174. The molecule has 0 unspecified atom stereocenters. The van der Waals surface area contributed by atoms with E-state index in [4.69, 9.17) is 20.1 Å². The molecule has 1 aliphatic heterocycles. The summed E-state index contributed by atoms with van der Waals surface area (Å²) in [6, 6.07) is -0.539. The topological polar surface area (TPSA) is 115 Å². The number of carboxylic acids is 1. The normalized spacial score (nSPS) is 17.7. The lowest BCUT2D eigenvalue weighted by molar-refractivity contribution is -0.137. The van der Waals surface area contributed by atoms with Crippen LogP contribution < -0.4 is 10.6 Å². The summed E-state index contributed by atoms with van der Waals surface area (Å²) in [4.78, 5) is 16.6. The molecule has 0 aliphatic carbocycles. The zero-order valence-electron chi connectivity index (χ0n) is 9.91. The number of carboxylic acid groups (broad SMARTS) is 1. The first-order valence-corrected chi connectivity index (χ1v) is 5.80. The molecule has 18 heavy (non-hydrogen) atoms. The summed E-state index contributed by atoms with van der Waals surface area (Å²) >= 11 is 0. The number of anilines is 1. The summed E-state index contributed by atoms with van der Waals surface area (Å²) in [5, 5.41) is 12.4. The Morgan fingerprint density at radius 1 is 1.50 bits per heavy atom. The third-order valence-corrected chi connectivity index (χ3v) is 2.71. The molecule has 8 heteroatoms. The van der Waals surface area contributed by atoms with E-state index < -0.39 is 12.0 Å². The molecular formula is C10H16N4O4. The van der Waals surface area contributed by atoms with E-state index in [-0.39, 0.29) is 18.7 Å². The van der Waals surface area contributed by atoms with Crippen LogP contribution in [0.15, 0.2) is 4.52 Å². The predicted octanol–water partition coefficient (Wildman–Crippen LogP) is -0.229. The molecule has 0 saturated carbocycles. The lowest BCUT2D eigenvalue weighted by atomic mass is 10.2. The average molecular weight is 256 g/mol. The summed E-state index contributed by atoms with van der Waals surface area (Å²) in [5.74, 6) is -0.129. The van der Waals surface area contributed by atoms with Crippen LogP contribution >= 0.6 is 0 Å². The Hall–Kier alpha value is -1.67. The van der Waals surface area contributed by atoms with Crippen LogP contribution in [0.3, 0.4) is 0 Å². The van der Waals surface area contributed by atoms with Gasteiger partial charge in [-0.25, -0.2) is 0 Å². The molecule has 2 rings (SSSR count). The van der Waals surface area contributed by atoms with Gasteiger partial charge in [-0.1, -0.05) is 0 Å². The zero-order chi connectivity index (χ0) is 13.0. The van der Waals surface area contributed by atoms with Crippen LogP contribution in [-0.4, -0.2) is 47.5 Å². The molecule has 1 aliphatic rings. The Kier molecular flexibility index (Phi) is 4.11. The van der Waals surface area contributed by atoms with Crippen LogP contribution in [0, 0.1) is 0 Å². The van der Waals surface area contributed by atoms with Gasteiger partial charge in [-0.3, -0.25) is 4.79 Å². The molecular weight excluding hydrogens is 240 g/mol. The first kappa shape index (κ1) is 12.8. The minimum Gasteiger partial charge on any atom is -0.481 e. The van der Waals surface area contributed by atoms with Crippen LogP contribution in [0.4, 0.5) is 5.95 Å². The molecule has 0 radical (unpaired) electrons. The number of hydrogen-bond acceptors (Lipinski definition) is 7. The van der Waals surface area contributed by atoms with Gasteiger partial charge in [-0.15, -0.1) is 0 Å². The lowest BCUT2D eigenvalue weighted by Crippen LogP contribution is -2.36. The lowest BCUT2D eigenvalue weighted by Gasteiger charge is -2.24. The molecule has 2 heterocycles. The Morgan fingerprint density at radius 2 is 2.22 bits per heavy atom.